The smallest absolute Gasteiger partial charge is 0.201 e. The average Bonchev–Trinajstić information content (AvgIpc) is 2.98. The Bertz CT molecular complexity index is 1000. The number of hydrazone groups is 1. The summed E-state index contributed by atoms with van der Waals surface area (Å²) in [7, 11) is 0. The number of fused-ring (bicyclic) bond motifs is 1. The Morgan fingerprint density at radius 3 is 2.88 bits per heavy atom. The van der Waals surface area contributed by atoms with Crippen molar-refractivity contribution in [3.8, 4) is 22.4 Å². The molecular weight excluding hydrogens is 324 g/mol. The Morgan fingerprint density at radius 1 is 1.33 bits per heavy atom. The monoisotopic (exact) mass is 336 g/mol. The number of thiazole rings is 1. The number of aromatic hydroxyl groups is 1. The van der Waals surface area contributed by atoms with Gasteiger partial charge in [0, 0.05) is 5.56 Å². The lowest BCUT2D eigenvalue weighted by molar-refractivity contribution is 0.475. The molecule has 3 aromatic rings. The van der Waals surface area contributed by atoms with E-state index < -0.39 is 5.84 Å². The van der Waals surface area contributed by atoms with Crippen LogP contribution >= 0.6 is 11.3 Å². The van der Waals surface area contributed by atoms with Gasteiger partial charge >= 0.3 is 0 Å². The molecule has 24 heavy (non-hydrogen) atoms. The van der Waals surface area contributed by atoms with Crippen LogP contribution in [-0.4, -0.2) is 21.6 Å². The lowest BCUT2D eigenvalue weighted by Crippen LogP contribution is -2.21. The minimum absolute atomic E-state index is 0.181. The van der Waals surface area contributed by atoms with Gasteiger partial charge < -0.3 is 10.8 Å². The summed E-state index contributed by atoms with van der Waals surface area (Å²) in [5, 5.41) is 30.2. The van der Waals surface area contributed by atoms with Crippen LogP contribution in [0.25, 0.3) is 20.8 Å². The van der Waals surface area contributed by atoms with E-state index in [0.29, 0.717) is 5.69 Å². The maximum absolute atomic E-state index is 9.58. The highest BCUT2D eigenvalue weighted by Crippen LogP contribution is 2.32. The standard InChI is InChI=1S/C16H12N6OS/c17-8-13(15(18)19)22-21-10-4-5-12-14(7-10)24-16(20-12)9-2-1-3-11(23)6-9/h1-7,21,23H,(H3,18,19)/b22-13+. The number of nitrogens with zero attached hydrogens (tertiary/aromatic N) is 3. The van der Waals surface area contributed by atoms with Gasteiger partial charge in [-0.3, -0.25) is 10.8 Å². The minimum atomic E-state index is -0.393. The number of hydrogen-bond acceptors (Lipinski definition) is 7. The van der Waals surface area contributed by atoms with E-state index in [1.807, 2.05) is 18.2 Å². The van der Waals surface area contributed by atoms with Gasteiger partial charge in [-0.1, -0.05) is 12.1 Å². The van der Waals surface area contributed by atoms with E-state index in [9.17, 15) is 5.11 Å². The zero-order valence-corrected chi connectivity index (χ0v) is 13.1. The Balaban J connectivity index is 1.92. The van der Waals surface area contributed by atoms with Crippen LogP contribution in [-0.2, 0) is 0 Å². The number of amidine groups is 1. The van der Waals surface area contributed by atoms with Crippen LogP contribution in [0.1, 0.15) is 0 Å². The molecule has 0 unspecified atom stereocenters. The fraction of sp³-hybridized carbons (Fsp3) is 0. The van der Waals surface area contributed by atoms with E-state index in [4.69, 9.17) is 16.4 Å². The molecule has 0 spiro atoms. The van der Waals surface area contributed by atoms with E-state index in [1.165, 1.54) is 11.3 Å². The van der Waals surface area contributed by atoms with Crippen LogP contribution in [0, 0.1) is 16.7 Å². The molecule has 0 atom stereocenters. The van der Waals surface area contributed by atoms with Gasteiger partial charge in [-0.05, 0) is 30.3 Å². The van der Waals surface area contributed by atoms with E-state index in [-0.39, 0.29) is 11.5 Å². The Morgan fingerprint density at radius 2 is 2.17 bits per heavy atom. The maximum atomic E-state index is 9.58. The van der Waals surface area contributed by atoms with Crippen LogP contribution < -0.4 is 11.2 Å². The van der Waals surface area contributed by atoms with Crippen molar-refractivity contribution < 1.29 is 5.11 Å². The highest BCUT2D eigenvalue weighted by molar-refractivity contribution is 7.21. The molecule has 0 radical (unpaired) electrons. The number of rotatable bonds is 4. The predicted octanol–water partition coefficient (Wildman–Crippen LogP) is 2.90. The third-order valence-electron chi connectivity index (χ3n) is 3.14. The Hall–Kier alpha value is -3.44. The summed E-state index contributed by atoms with van der Waals surface area (Å²) in [5.74, 6) is -0.202. The topological polar surface area (TPSA) is 131 Å². The molecule has 7 nitrogen and oxygen atoms in total. The number of hydrogen-bond donors (Lipinski definition) is 4. The third-order valence-corrected chi connectivity index (χ3v) is 4.21. The van der Waals surface area contributed by atoms with Gasteiger partial charge in [0.2, 0.25) is 5.71 Å². The molecule has 0 saturated heterocycles. The lowest BCUT2D eigenvalue weighted by Gasteiger charge is -2.00. The number of anilines is 1. The molecule has 1 aromatic heterocycles. The summed E-state index contributed by atoms with van der Waals surface area (Å²) in [6.45, 7) is 0. The number of benzene rings is 2. The second-order valence-corrected chi connectivity index (χ2v) is 5.88. The van der Waals surface area contributed by atoms with Gasteiger partial charge in [-0.15, -0.1) is 11.3 Å². The van der Waals surface area contributed by atoms with Gasteiger partial charge in [0.1, 0.15) is 16.8 Å². The lowest BCUT2D eigenvalue weighted by atomic mass is 10.2. The van der Waals surface area contributed by atoms with Crippen LogP contribution in [0.15, 0.2) is 47.6 Å². The molecule has 118 valence electrons. The van der Waals surface area contributed by atoms with Crippen molar-refractivity contribution in [3.05, 3.63) is 42.5 Å². The molecule has 0 bridgehead atoms. The fourth-order valence-corrected chi connectivity index (χ4v) is 3.02. The Labute approximate surface area is 141 Å². The summed E-state index contributed by atoms with van der Waals surface area (Å²) >= 11 is 1.48. The zero-order valence-electron chi connectivity index (χ0n) is 12.3. The molecule has 3 rings (SSSR count). The van der Waals surface area contributed by atoms with Crippen LogP contribution in [0.4, 0.5) is 5.69 Å². The summed E-state index contributed by atoms with van der Waals surface area (Å²) in [6.07, 6.45) is 0. The van der Waals surface area contributed by atoms with Crippen LogP contribution in [0.5, 0.6) is 5.75 Å². The van der Waals surface area contributed by atoms with Gasteiger partial charge in [0.25, 0.3) is 0 Å². The van der Waals surface area contributed by atoms with Crippen LogP contribution in [0.3, 0.4) is 0 Å². The SMILES string of the molecule is N#C/C(=N\Nc1ccc2nc(-c3cccc(O)c3)sc2c1)C(=N)N. The number of nitrogens with two attached hydrogens (primary N) is 1. The second kappa shape index (κ2) is 6.36. The van der Waals surface area contributed by atoms with Gasteiger partial charge in [0.15, 0.2) is 5.84 Å². The average molecular weight is 336 g/mol. The van der Waals surface area contributed by atoms with Crippen molar-refractivity contribution in [1.29, 1.82) is 10.7 Å². The van der Waals surface area contributed by atoms with Crippen molar-refractivity contribution in [1.82, 2.24) is 4.98 Å². The summed E-state index contributed by atoms with van der Waals surface area (Å²) in [4.78, 5) is 4.54. The van der Waals surface area contributed by atoms with Gasteiger partial charge in [-0.2, -0.15) is 10.4 Å². The number of nitriles is 1. The normalized spacial score (nSPS) is 11.2. The van der Waals surface area contributed by atoms with Crippen molar-refractivity contribution >= 4 is 38.8 Å². The third kappa shape index (κ3) is 3.16. The number of nitrogens with one attached hydrogen (secondary N) is 2. The number of phenols is 1. The number of phenolic OH excluding ortho intramolecular Hbond substituents is 1. The fourth-order valence-electron chi connectivity index (χ4n) is 2.02. The molecule has 0 saturated carbocycles. The first-order valence-electron chi connectivity index (χ1n) is 6.85. The molecule has 0 aliphatic rings. The number of aromatic nitrogens is 1. The van der Waals surface area contributed by atoms with Crippen molar-refractivity contribution in [3.63, 3.8) is 0 Å². The molecule has 0 aliphatic heterocycles. The molecule has 2 aromatic carbocycles. The first kappa shape index (κ1) is 15.5. The van der Waals surface area contributed by atoms with Gasteiger partial charge in [0.05, 0.1) is 15.9 Å². The quantitative estimate of drug-likeness (QED) is 0.330. The summed E-state index contributed by atoms with van der Waals surface area (Å²) in [5.41, 5.74) is 10.1. The maximum Gasteiger partial charge on any atom is 0.201 e. The predicted molar refractivity (Wildman–Crippen MR) is 95.3 cm³/mol. The van der Waals surface area contributed by atoms with E-state index in [1.54, 1.807) is 30.3 Å². The second-order valence-electron chi connectivity index (χ2n) is 4.85. The van der Waals surface area contributed by atoms with E-state index >= 15 is 0 Å². The summed E-state index contributed by atoms with van der Waals surface area (Å²) in [6, 6.07) is 14.1. The molecule has 1 heterocycles. The Kier molecular flexibility index (Phi) is 4.09. The first-order valence-corrected chi connectivity index (χ1v) is 7.66. The van der Waals surface area contributed by atoms with Crippen LogP contribution in [0.2, 0.25) is 0 Å². The van der Waals surface area contributed by atoms with Gasteiger partial charge in [-0.25, -0.2) is 4.98 Å². The van der Waals surface area contributed by atoms with Crippen molar-refractivity contribution in [2.24, 2.45) is 10.8 Å². The highest BCUT2D eigenvalue weighted by atomic mass is 32.1. The molecular formula is C16H12N6OS. The highest BCUT2D eigenvalue weighted by Gasteiger charge is 2.08. The van der Waals surface area contributed by atoms with E-state index in [2.05, 4.69) is 15.5 Å². The minimum Gasteiger partial charge on any atom is -0.508 e. The first-order chi connectivity index (χ1) is 11.6. The molecule has 5 N–H and O–H groups in total. The molecule has 0 fully saturated rings. The molecule has 0 amide bonds. The van der Waals surface area contributed by atoms with Crippen molar-refractivity contribution in [2.75, 3.05) is 5.43 Å². The zero-order chi connectivity index (χ0) is 17.1. The largest absolute Gasteiger partial charge is 0.508 e. The van der Waals surface area contributed by atoms with Crippen molar-refractivity contribution in [2.45, 2.75) is 0 Å². The molecule has 8 heteroatoms. The summed E-state index contributed by atoms with van der Waals surface area (Å²) < 4.78 is 0.926. The van der Waals surface area contributed by atoms with E-state index in [0.717, 1.165) is 20.8 Å². The molecule has 0 aliphatic carbocycles.